The molecule has 2 aromatic rings. The van der Waals surface area contributed by atoms with Crippen LogP contribution in [0.5, 0.6) is 0 Å². The fourth-order valence-electron chi connectivity index (χ4n) is 1.37. The summed E-state index contributed by atoms with van der Waals surface area (Å²) in [5.41, 5.74) is 7.41. The zero-order valence-electron chi connectivity index (χ0n) is 8.27. The summed E-state index contributed by atoms with van der Waals surface area (Å²) in [6.45, 7) is 0. The fourth-order valence-corrected chi connectivity index (χ4v) is 1.64. The first-order valence-corrected chi connectivity index (χ1v) is 5.38. The van der Waals surface area contributed by atoms with Crippen LogP contribution in [0.15, 0.2) is 33.3 Å². The summed E-state index contributed by atoms with van der Waals surface area (Å²) >= 11 is 3.36. The average molecular weight is 278 g/mol. The predicted molar refractivity (Wildman–Crippen MR) is 62.6 cm³/mol. The zero-order chi connectivity index (χ0) is 11.5. The van der Waals surface area contributed by atoms with Crippen molar-refractivity contribution in [3.8, 4) is 6.07 Å². The van der Waals surface area contributed by atoms with Crippen LogP contribution in [0.4, 0.5) is 5.88 Å². The Hall–Kier alpha value is -1.80. The lowest BCUT2D eigenvalue weighted by Crippen LogP contribution is -1.92. The maximum Gasteiger partial charge on any atom is 0.240 e. The summed E-state index contributed by atoms with van der Waals surface area (Å²) in [4.78, 5) is 0. The largest absolute Gasteiger partial charge is 0.366 e. The van der Waals surface area contributed by atoms with Crippen molar-refractivity contribution in [2.24, 2.45) is 0 Å². The Balaban J connectivity index is 2.27. The number of rotatable bonds is 2. The number of nitrogen functional groups attached to an aromatic ring is 1. The van der Waals surface area contributed by atoms with Crippen LogP contribution in [0.1, 0.15) is 16.8 Å². The van der Waals surface area contributed by atoms with Crippen LogP contribution in [-0.2, 0) is 6.42 Å². The van der Waals surface area contributed by atoms with Gasteiger partial charge in [-0.05, 0) is 17.7 Å². The molecule has 0 aliphatic heterocycles. The Kier molecular flexibility index (Phi) is 2.93. The number of benzene rings is 1. The summed E-state index contributed by atoms with van der Waals surface area (Å²) in [7, 11) is 0. The van der Waals surface area contributed by atoms with Crippen molar-refractivity contribution in [3.63, 3.8) is 0 Å². The summed E-state index contributed by atoms with van der Waals surface area (Å²) in [6.07, 6.45) is 0.539. The average Bonchev–Trinajstić information content (AvgIpc) is 2.63. The Labute approximate surface area is 101 Å². The van der Waals surface area contributed by atoms with Gasteiger partial charge in [-0.2, -0.15) is 5.26 Å². The van der Waals surface area contributed by atoms with Gasteiger partial charge in [0.15, 0.2) is 0 Å². The minimum absolute atomic E-state index is 0.0783. The maximum atomic E-state index is 8.87. The van der Waals surface area contributed by atoms with Gasteiger partial charge in [0, 0.05) is 10.9 Å². The van der Waals surface area contributed by atoms with E-state index >= 15 is 0 Å². The molecule has 5 heteroatoms. The van der Waals surface area contributed by atoms with Crippen molar-refractivity contribution in [2.45, 2.75) is 6.42 Å². The number of nitriles is 1. The quantitative estimate of drug-likeness (QED) is 0.915. The third-order valence-corrected chi connectivity index (χ3v) is 2.71. The van der Waals surface area contributed by atoms with Gasteiger partial charge in [0.2, 0.25) is 5.88 Å². The first-order valence-electron chi connectivity index (χ1n) is 4.59. The van der Waals surface area contributed by atoms with E-state index in [-0.39, 0.29) is 5.88 Å². The minimum atomic E-state index is 0.0783. The van der Waals surface area contributed by atoms with E-state index in [0.29, 0.717) is 17.7 Å². The molecule has 0 bridgehead atoms. The Morgan fingerprint density at radius 1 is 1.38 bits per heavy atom. The molecule has 0 spiro atoms. The lowest BCUT2D eigenvalue weighted by atomic mass is 10.1. The van der Waals surface area contributed by atoms with Crippen LogP contribution < -0.4 is 5.73 Å². The number of hydrogen-bond acceptors (Lipinski definition) is 4. The van der Waals surface area contributed by atoms with Crippen molar-refractivity contribution in [2.75, 3.05) is 5.73 Å². The second-order valence-corrected chi connectivity index (χ2v) is 4.20. The summed E-state index contributed by atoms with van der Waals surface area (Å²) in [6, 6.07) is 9.76. The van der Waals surface area contributed by atoms with E-state index in [1.54, 1.807) is 0 Å². The van der Waals surface area contributed by atoms with Gasteiger partial charge in [0.1, 0.15) is 17.3 Å². The molecule has 1 aromatic carbocycles. The number of aromatic nitrogens is 1. The lowest BCUT2D eigenvalue weighted by Gasteiger charge is -1.98. The highest BCUT2D eigenvalue weighted by atomic mass is 79.9. The van der Waals surface area contributed by atoms with Crippen LogP contribution in [0.2, 0.25) is 0 Å². The second kappa shape index (κ2) is 4.37. The molecule has 0 saturated carbocycles. The number of hydrogen-bond donors (Lipinski definition) is 1. The molecule has 0 aliphatic carbocycles. The third-order valence-electron chi connectivity index (χ3n) is 2.19. The highest BCUT2D eigenvalue weighted by molar-refractivity contribution is 9.10. The summed E-state index contributed by atoms with van der Waals surface area (Å²) in [5, 5.41) is 12.6. The SMILES string of the molecule is N#Cc1c(Cc2ccc(Br)cc2)noc1N. The molecule has 0 unspecified atom stereocenters. The Morgan fingerprint density at radius 3 is 2.69 bits per heavy atom. The lowest BCUT2D eigenvalue weighted by molar-refractivity contribution is 0.429. The van der Waals surface area contributed by atoms with Crippen molar-refractivity contribution in [1.29, 1.82) is 5.26 Å². The van der Waals surface area contributed by atoms with Crippen molar-refractivity contribution < 1.29 is 4.52 Å². The van der Waals surface area contributed by atoms with Gasteiger partial charge in [0.25, 0.3) is 0 Å². The van der Waals surface area contributed by atoms with Crippen LogP contribution in [0, 0.1) is 11.3 Å². The topological polar surface area (TPSA) is 75.8 Å². The summed E-state index contributed by atoms with van der Waals surface area (Å²) < 4.78 is 5.79. The molecule has 0 aliphatic rings. The van der Waals surface area contributed by atoms with Gasteiger partial charge in [-0.3, -0.25) is 0 Å². The molecule has 4 nitrogen and oxygen atoms in total. The monoisotopic (exact) mass is 277 g/mol. The number of anilines is 1. The van der Waals surface area contributed by atoms with Crippen LogP contribution >= 0.6 is 15.9 Å². The smallest absolute Gasteiger partial charge is 0.240 e. The van der Waals surface area contributed by atoms with Crippen LogP contribution in [0.25, 0.3) is 0 Å². The molecule has 1 aromatic heterocycles. The molecule has 0 atom stereocenters. The number of nitrogens with two attached hydrogens (primary N) is 1. The maximum absolute atomic E-state index is 8.87. The normalized spacial score (nSPS) is 10.0. The van der Waals surface area contributed by atoms with Gasteiger partial charge in [0.05, 0.1) is 0 Å². The van der Waals surface area contributed by atoms with E-state index in [2.05, 4.69) is 21.1 Å². The molecular formula is C11H8BrN3O. The molecule has 1 heterocycles. The first kappa shape index (κ1) is 10.7. The minimum Gasteiger partial charge on any atom is -0.366 e. The van der Waals surface area contributed by atoms with E-state index in [1.165, 1.54) is 0 Å². The van der Waals surface area contributed by atoms with E-state index in [4.69, 9.17) is 15.5 Å². The van der Waals surface area contributed by atoms with Crippen LogP contribution in [0.3, 0.4) is 0 Å². The molecule has 2 rings (SSSR count). The highest BCUT2D eigenvalue weighted by Crippen LogP contribution is 2.19. The first-order chi connectivity index (χ1) is 7.70. The fraction of sp³-hybridized carbons (Fsp3) is 0.0909. The third kappa shape index (κ3) is 2.07. The van der Waals surface area contributed by atoms with Crippen molar-refractivity contribution >= 4 is 21.8 Å². The molecule has 0 radical (unpaired) electrons. The predicted octanol–water partition coefficient (Wildman–Crippen LogP) is 2.48. The summed E-state index contributed by atoms with van der Waals surface area (Å²) in [5.74, 6) is 0.0783. The van der Waals surface area contributed by atoms with Gasteiger partial charge < -0.3 is 10.3 Å². The van der Waals surface area contributed by atoms with E-state index < -0.39 is 0 Å². The van der Waals surface area contributed by atoms with Gasteiger partial charge >= 0.3 is 0 Å². The van der Waals surface area contributed by atoms with Crippen molar-refractivity contribution in [3.05, 3.63) is 45.6 Å². The van der Waals surface area contributed by atoms with Crippen molar-refractivity contribution in [1.82, 2.24) is 5.16 Å². The zero-order valence-corrected chi connectivity index (χ0v) is 9.86. The number of halogens is 1. The van der Waals surface area contributed by atoms with Gasteiger partial charge in [-0.1, -0.05) is 33.2 Å². The second-order valence-electron chi connectivity index (χ2n) is 3.28. The van der Waals surface area contributed by atoms with Gasteiger partial charge in [-0.15, -0.1) is 0 Å². The highest BCUT2D eigenvalue weighted by Gasteiger charge is 2.13. The van der Waals surface area contributed by atoms with Crippen LogP contribution in [-0.4, -0.2) is 5.16 Å². The molecule has 2 N–H and O–H groups in total. The van der Waals surface area contributed by atoms with E-state index in [9.17, 15) is 0 Å². The Bertz CT molecular complexity index is 539. The number of nitrogens with zero attached hydrogens (tertiary/aromatic N) is 2. The molecule has 0 fully saturated rings. The molecule has 16 heavy (non-hydrogen) atoms. The van der Waals surface area contributed by atoms with E-state index in [0.717, 1.165) is 10.0 Å². The van der Waals surface area contributed by atoms with E-state index in [1.807, 2.05) is 30.3 Å². The van der Waals surface area contributed by atoms with Gasteiger partial charge in [-0.25, -0.2) is 0 Å². The molecule has 80 valence electrons. The molecule has 0 amide bonds. The Morgan fingerprint density at radius 2 is 2.06 bits per heavy atom. The standard InChI is InChI=1S/C11H8BrN3O/c12-8-3-1-7(2-4-8)5-10-9(6-13)11(14)16-15-10/h1-4H,5,14H2. The molecule has 0 saturated heterocycles. The molecular weight excluding hydrogens is 270 g/mol.